The Labute approximate surface area is 85.5 Å². The lowest BCUT2D eigenvalue weighted by Gasteiger charge is -2.18. The van der Waals surface area contributed by atoms with E-state index in [0.29, 0.717) is 0 Å². The van der Waals surface area contributed by atoms with Crippen LogP contribution in [0, 0.1) is 5.92 Å². The molecule has 0 aliphatic carbocycles. The van der Waals surface area contributed by atoms with Gasteiger partial charge in [0.05, 0.1) is 0 Å². The molecule has 1 nitrogen and oxygen atoms in total. The summed E-state index contributed by atoms with van der Waals surface area (Å²) in [6.07, 6.45) is 2.58. The third kappa shape index (κ3) is 14.8. The van der Waals surface area contributed by atoms with E-state index in [1.807, 2.05) is 0 Å². The highest BCUT2D eigenvalue weighted by molar-refractivity contribution is 4.53. The average molecular weight is 187 g/mol. The Hall–Kier alpha value is -0.0400. The molecule has 0 N–H and O–H groups in total. The quantitative estimate of drug-likeness (QED) is 0.633. The lowest BCUT2D eigenvalue weighted by molar-refractivity contribution is 0.284. The lowest BCUT2D eigenvalue weighted by atomic mass is 10.1. The summed E-state index contributed by atoms with van der Waals surface area (Å²) in [5, 5.41) is 0. The average Bonchev–Trinajstić information content (AvgIpc) is 2.07. The first kappa shape index (κ1) is 15.4. The summed E-state index contributed by atoms with van der Waals surface area (Å²) in [7, 11) is 0. The van der Waals surface area contributed by atoms with E-state index in [1.165, 1.54) is 32.5 Å². The molecule has 0 rings (SSSR count). The van der Waals surface area contributed by atoms with Crippen molar-refractivity contribution in [2.45, 2.75) is 54.4 Å². The second-order valence-corrected chi connectivity index (χ2v) is 3.92. The van der Waals surface area contributed by atoms with Gasteiger partial charge < -0.3 is 4.90 Å². The summed E-state index contributed by atoms with van der Waals surface area (Å²) < 4.78 is 0. The second kappa shape index (κ2) is 12.0. The maximum Gasteiger partial charge on any atom is -0.00165 e. The molecule has 0 fully saturated rings. The van der Waals surface area contributed by atoms with Crippen LogP contribution < -0.4 is 0 Å². The fourth-order valence-corrected chi connectivity index (χ4v) is 0.981. The fourth-order valence-electron chi connectivity index (χ4n) is 0.981. The molecule has 0 aliphatic rings. The molecule has 1 heteroatoms. The Kier molecular flexibility index (Phi) is 14.2. The van der Waals surface area contributed by atoms with Gasteiger partial charge in [-0.25, -0.2) is 0 Å². The van der Waals surface area contributed by atoms with E-state index in [-0.39, 0.29) is 0 Å². The van der Waals surface area contributed by atoms with Crippen LogP contribution in [0.4, 0.5) is 0 Å². The number of hydrogen-bond donors (Lipinski definition) is 0. The molecule has 0 unspecified atom stereocenters. The van der Waals surface area contributed by atoms with E-state index in [0.717, 1.165) is 5.92 Å². The summed E-state index contributed by atoms with van der Waals surface area (Å²) in [5.74, 6) is 0.848. The molecule has 0 aromatic heterocycles. The second-order valence-electron chi connectivity index (χ2n) is 3.92. The molecule has 0 aromatic carbocycles. The maximum absolute atomic E-state index is 2.47. The van der Waals surface area contributed by atoms with Crippen molar-refractivity contribution in [1.82, 2.24) is 4.90 Å². The van der Waals surface area contributed by atoms with Gasteiger partial charge in [-0.2, -0.15) is 0 Å². The summed E-state index contributed by atoms with van der Waals surface area (Å²) >= 11 is 0. The normalized spacial score (nSPS) is 10.2. The van der Waals surface area contributed by atoms with Gasteiger partial charge in [0.2, 0.25) is 0 Å². The van der Waals surface area contributed by atoms with Crippen molar-refractivity contribution < 1.29 is 0 Å². The topological polar surface area (TPSA) is 3.24 Å². The first-order chi connectivity index (χ1) is 6.12. The van der Waals surface area contributed by atoms with E-state index in [4.69, 9.17) is 0 Å². The summed E-state index contributed by atoms with van der Waals surface area (Å²) in [5.41, 5.74) is 0. The van der Waals surface area contributed by atoms with Gasteiger partial charge in [0.15, 0.2) is 0 Å². The predicted molar refractivity (Wildman–Crippen MR) is 63.2 cm³/mol. The molecule has 0 saturated heterocycles. The van der Waals surface area contributed by atoms with Crippen molar-refractivity contribution in [3.05, 3.63) is 0 Å². The number of rotatable bonds is 5. The third-order valence-corrected chi connectivity index (χ3v) is 1.92. The lowest BCUT2D eigenvalue weighted by Crippen LogP contribution is -2.24. The monoisotopic (exact) mass is 187 g/mol. The van der Waals surface area contributed by atoms with E-state index in [1.54, 1.807) is 0 Å². The number of nitrogens with zero attached hydrogens (tertiary/aromatic N) is 1. The molecule has 13 heavy (non-hydrogen) atoms. The van der Waals surface area contributed by atoms with Crippen LogP contribution in [-0.2, 0) is 0 Å². The van der Waals surface area contributed by atoms with Crippen molar-refractivity contribution in [3.8, 4) is 0 Å². The van der Waals surface area contributed by atoms with Gasteiger partial charge in [0, 0.05) is 0 Å². The van der Waals surface area contributed by atoms with Crippen LogP contribution in [0.25, 0.3) is 0 Å². The van der Waals surface area contributed by atoms with E-state index >= 15 is 0 Å². The SMILES string of the molecule is CCC.CCN(CC)CCC(C)C. The molecule has 82 valence electrons. The molecular formula is C12H29N. The van der Waals surface area contributed by atoms with Crippen LogP contribution in [0.5, 0.6) is 0 Å². The molecule has 0 aliphatic heterocycles. The molecule has 0 saturated carbocycles. The van der Waals surface area contributed by atoms with E-state index in [9.17, 15) is 0 Å². The van der Waals surface area contributed by atoms with E-state index in [2.05, 4.69) is 46.4 Å². The molecule has 0 radical (unpaired) electrons. The van der Waals surface area contributed by atoms with Crippen LogP contribution in [0.1, 0.15) is 54.4 Å². The molecule has 0 atom stereocenters. The molecule has 0 aromatic rings. The van der Waals surface area contributed by atoms with Crippen molar-refractivity contribution in [1.29, 1.82) is 0 Å². The molecule has 0 bridgehead atoms. The van der Waals surface area contributed by atoms with Gasteiger partial charge in [-0.15, -0.1) is 0 Å². The third-order valence-electron chi connectivity index (χ3n) is 1.92. The van der Waals surface area contributed by atoms with Crippen LogP contribution in [0.15, 0.2) is 0 Å². The van der Waals surface area contributed by atoms with Gasteiger partial charge in [0.1, 0.15) is 0 Å². The Bertz CT molecular complexity index is 75.2. The Morgan fingerprint density at radius 1 is 0.923 bits per heavy atom. The zero-order valence-corrected chi connectivity index (χ0v) is 10.6. The van der Waals surface area contributed by atoms with Gasteiger partial charge in [-0.05, 0) is 32.0 Å². The Morgan fingerprint density at radius 3 is 1.54 bits per heavy atom. The molecular weight excluding hydrogens is 158 g/mol. The number of hydrogen-bond acceptors (Lipinski definition) is 1. The fraction of sp³-hybridized carbons (Fsp3) is 1.00. The highest BCUT2D eigenvalue weighted by atomic mass is 15.1. The van der Waals surface area contributed by atoms with Crippen molar-refractivity contribution in [2.75, 3.05) is 19.6 Å². The Balaban J connectivity index is 0. The maximum atomic E-state index is 2.47. The highest BCUT2D eigenvalue weighted by Crippen LogP contribution is 2.00. The molecule has 0 heterocycles. The van der Waals surface area contributed by atoms with Crippen LogP contribution in [-0.4, -0.2) is 24.5 Å². The predicted octanol–water partition coefficient (Wildman–Crippen LogP) is 3.79. The van der Waals surface area contributed by atoms with Crippen molar-refractivity contribution in [2.24, 2.45) is 5.92 Å². The molecule has 0 amide bonds. The van der Waals surface area contributed by atoms with Crippen LogP contribution >= 0.6 is 0 Å². The Morgan fingerprint density at radius 2 is 1.31 bits per heavy atom. The summed E-state index contributed by atoms with van der Waals surface area (Å²) in [6.45, 7) is 16.9. The zero-order chi connectivity index (χ0) is 10.7. The largest absolute Gasteiger partial charge is 0.304 e. The zero-order valence-electron chi connectivity index (χ0n) is 10.6. The van der Waals surface area contributed by atoms with Crippen LogP contribution in [0.2, 0.25) is 0 Å². The molecule has 0 spiro atoms. The van der Waals surface area contributed by atoms with Gasteiger partial charge in [-0.1, -0.05) is 48.0 Å². The van der Waals surface area contributed by atoms with E-state index < -0.39 is 0 Å². The van der Waals surface area contributed by atoms with Gasteiger partial charge in [-0.3, -0.25) is 0 Å². The minimum Gasteiger partial charge on any atom is -0.304 e. The van der Waals surface area contributed by atoms with Crippen molar-refractivity contribution in [3.63, 3.8) is 0 Å². The highest BCUT2D eigenvalue weighted by Gasteiger charge is 1.99. The smallest absolute Gasteiger partial charge is 0.00165 e. The summed E-state index contributed by atoms with van der Waals surface area (Å²) in [4.78, 5) is 2.47. The first-order valence-corrected chi connectivity index (χ1v) is 5.84. The van der Waals surface area contributed by atoms with Gasteiger partial charge in [0.25, 0.3) is 0 Å². The van der Waals surface area contributed by atoms with Crippen LogP contribution in [0.3, 0.4) is 0 Å². The first-order valence-electron chi connectivity index (χ1n) is 5.84. The minimum atomic E-state index is 0.848. The van der Waals surface area contributed by atoms with Gasteiger partial charge >= 0.3 is 0 Å². The van der Waals surface area contributed by atoms with Crippen molar-refractivity contribution >= 4 is 0 Å². The standard InChI is InChI=1S/C9H21N.C3H8/c1-5-10(6-2)8-7-9(3)4;1-3-2/h9H,5-8H2,1-4H3;3H2,1-2H3. The summed E-state index contributed by atoms with van der Waals surface area (Å²) in [6, 6.07) is 0. The minimum absolute atomic E-state index is 0.848.